The van der Waals surface area contributed by atoms with Gasteiger partial charge in [-0.3, -0.25) is 4.98 Å². The van der Waals surface area contributed by atoms with Crippen LogP contribution in [0.25, 0.3) is 0 Å². The zero-order valence-electron chi connectivity index (χ0n) is 12.6. The van der Waals surface area contributed by atoms with Crippen LogP contribution in [-0.4, -0.2) is 42.1 Å². The maximum atomic E-state index is 12.3. The SMILES string of the molecule is C[C@@H](NC(=O)N1CCN(c2ccncc2)CC1)c1ccco1. The van der Waals surface area contributed by atoms with Crippen LogP contribution in [0.3, 0.4) is 0 Å². The van der Waals surface area contributed by atoms with Crippen molar-refractivity contribution in [2.24, 2.45) is 0 Å². The van der Waals surface area contributed by atoms with E-state index in [2.05, 4.69) is 15.2 Å². The van der Waals surface area contributed by atoms with E-state index in [-0.39, 0.29) is 12.1 Å². The Labute approximate surface area is 129 Å². The lowest BCUT2D eigenvalue weighted by atomic mass is 10.2. The van der Waals surface area contributed by atoms with Crippen molar-refractivity contribution in [3.05, 3.63) is 48.7 Å². The van der Waals surface area contributed by atoms with E-state index in [1.54, 1.807) is 18.7 Å². The van der Waals surface area contributed by atoms with E-state index < -0.39 is 0 Å². The molecule has 116 valence electrons. The van der Waals surface area contributed by atoms with Crippen LogP contribution in [0.1, 0.15) is 18.7 Å². The summed E-state index contributed by atoms with van der Waals surface area (Å²) in [5, 5.41) is 2.97. The molecule has 3 heterocycles. The molecule has 1 saturated heterocycles. The summed E-state index contributed by atoms with van der Waals surface area (Å²) in [4.78, 5) is 20.4. The number of carbonyl (C=O) groups is 1. The molecule has 1 aliphatic heterocycles. The van der Waals surface area contributed by atoms with Gasteiger partial charge in [-0.1, -0.05) is 0 Å². The third-order valence-corrected chi connectivity index (χ3v) is 3.90. The largest absolute Gasteiger partial charge is 0.467 e. The molecule has 6 nitrogen and oxygen atoms in total. The molecule has 1 fully saturated rings. The van der Waals surface area contributed by atoms with E-state index >= 15 is 0 Å². The summed E-state index contributed by atoms with van der Waals surface area (Å²) in [6.07, 6.45) is 5.20. The molecule has 6 heteroatoms. The summed E-state index contributed by atoms with van der Waals surface area (Å²) in [7, 11) is 0. The second-order valence-electron chi connectivity index (χ2n) is 5.37. The highest BCUT2D eigenvalue weighted by Gasteiger charge is 2.23. The first-order valence-electron chi connectivity index (χ1n) is 7.48. The number of piperazine rings is 1. The normalized spacial score (nSPS) is 16.4. The summed E-state index contributed by atoms with van der Waals surface area (Å²) >= 11 is 0. The molecule has 0 aliphatic carbocycles. The van der Waals surface area contributed by atoms with Crippen LogP contribution in [0, 0.1) is 0 Å². The van der Waals surface area contributed by atoms with Gasteiger partial charge < -0.3 is 19.5 Å². The minimum Gasteiger partial charge on any atom is -0.467 e. The average Bonchev–Trinajstić information content (AvgIpc) is 3.10. The Bertz CT molecular complexity index is 592. The predicted octanol–water partition coefficient (Wildman–Crippen LogP) is 2.27. The van der Waals surface area contributed by atoms with Gasteiger partial charge in [0, 0.05) is 44.3 Å². The van der Waals surface area contributed by atoms with Gasteiger partial charge in [0.2, 0.25) is 0 Å². The molecule has 0 spiro atoms. The van der Waals surface area contributed by atoms with E-state index in [0.29, 0.717) is 13.1 Å². The number of aromatic nitrogens is 1. The number of pyridine rings is 1. The fraction of sp³-hybridized carbons (Fsp3) is 0.375. The van der Waals surface area contributed by atoms with E-state index in [1.165, 1.54) is 0 Å². The summed E-state index contributed by atoms with van der Waals surface area (Å²) in [6, 6.07) is 7.51. The number of amides is 2. The number of hydrogen-bond donors (Lipinski definition) is 1. The van der Waals surface area contributed by atoms with Gasteiger partial charge in [-0.25, -0.2) is 4.79 Å². The summed E-state index contributed by atoms with van der Waals surface area (Å²) < 4.78 is 5.31. The van der Waals surface area contributed by atoms with Gasteiger partial charge in [-0.2, -0.15) is 0 Å². The highest BCUT2D eigenvalue weighted by atomic mass is 16.3. The second-order valence-corrected chi connectivity index (χ2v) is 5.37. The van der Waals surface area contributed by atoms with Crippen molar-refractivity contribution in [3.63, 3.8) is 0 Å². The summed E-state index contributed by atoms with van der Waals surface area (Å²) in [5.41, 5.74) is 1.15. The van der Waals surface area contributed by atoms with E-state index in [9.17, 15) is 4.79 Å². The Morgan fingerprint density at radius 3 is 2.59 bits per heavy atom. The second kappa shape index (κ2) is 6.51. The standard InChI is InChI=1S/C16H20N4O2/c1-13(15-3-2-12-22-15)18-16(21)20-10-8-19(9-11-20)14-4-6-17-7-5-14/h2-7,12-13H,8-11H2,1H3,(H,18,21)/t13-/m1/s1. The molecular formula is C16H20N4O2. The highest BCUT2D eigenvalue weighted by Crippen LogP contribution is 2.16. The minimum atomic E-state index is -0.124. The van der Waals surface area contributed by atoms with Crippen molar-refractivity contribution in [2.45, 2.75) is 13.0 Å². The van der Waals surface area contributed by atoms with Crippen molar-refractivity contribution in [1.29, 1.82) is 0 Å². The Kier molecular flexibility index (Phi) is 4.27. The molecule has 3 rings (SSSR count). The maximum absolute atomic E-state index is 12.3. The molecule has 1 N–H and O–H groups in total. The zero-order valence-corrected chi connectivity index (χ0v) is 12.6. The maximum Gasteiger partial charge on any atom is 0.318 e. The lowest BCUT2D eigenvalue weighted by Gasteiger charge is -2.36. The first kappa shape index (κ1) is 14.4. The fourth-order valence-corrected chi connectivity index (χ4v) is 2.61. The number of carbonyl (C=O) groups excluding carboxylic acids is 1. The number of furan rings is 1. The van der Waals surface area contributed by atoms with Gasteiger partial charge in [-0.05, 0) is 31.2 Å². The quantitative estimate of drug-likeness (QED) is 0.944. The molecule has 1 aliphatic rings. The van der Waals surface area contributed by atoms with Gasteiger partial charge in [0.15, 0.2) is 0 Å². The van der Waals surface area contributed by atoms with Crippen molar-refractivity contribution >= 4 is 11.7 Å². The molecule has 2 aromatic rings. The fourth-order valence-electron chi connectivity index (χ4n) is 2.61. The van der Waals surface area contributed by atoms with E-state index in [4.69, 9.17) is 4.42 Å². The van der Waals surface area contributed by atoms with Crippen LogP contribution < -0.4 is 10.2 Å². The third kappa shape index (κ3) is 3.21. The van der Waals surface area contributed by atoms with Crippen molar-refractivity contribution in [1.82, 2.24) is 15.2 Å². The molecule has 0 saturated carbocycles. The van der Waals surface area contributed by atoms with Crippen LogP contribution in [-0.2, 0) is 0 Å². The molecule has 0 unspecified atom stereocenters. The Morgan fingerprint density at radius 2 is 1.95 bits per heavy atom. The topological polar surface area (TPSA) is 61.6 Å². The number of hydrogen-bond acceptors (Lipinski definition) is 4. The van der Waals surface area contributed by atoms with Crippen LogP contribution in [0.5, 0.6) is 0 Å². The zero-order chi connectivity index (χ0) is 15.4. The molecule has 2 aromatic heterocycles. The Morgan fingerprint density at radius 1 is 1.23 bits per heavy atom. The molecule has 0 aromatic carbocycles. The molecule has 2 amide bonds. The van der Waals surface area contributed by atoms with Crippen molar-refractivity contribution < 1.29 is 9.21 Å². The van der Waals surface area contributed by atoms with Gasteiger partial charge in [0.05, 0.1) is 12.3 Å². The van der Waals surface area contributed by atoms with Crippen LogP contribution >= 0.6 is 0 Å². The summed E-state index contributed by atoms with van der Waals surface area (Å²) in [5.74, 6) is 0.767. The molecule has 0 bridgehead atoms. The summed E-state index contributed by atoms with van der Waals surface area (Å²) in [6.45, 7) is 4.99. The minimum absolute atomic E-state index is 0.0433. The van der Waals surface area contributed by atoms with Crippen LogP contribution in [0.2, 0.25) is 0 Å². The molecule has 0 radical (unpaired) electrons. The van der Waals surface area contributed by atoms with Gasteiger partial charge in [-0.15, -0.1) is 0 Å². The monoisotopic (exact) mass is 300 g/mol. The van der Waals surface area contributed by atoms with Gasteiger partial charge >= 0.3 is 6.03 Å². The predicted molar refractivity (Wildman–Crippen MR) is 83.7 cm³/mol. The van der Waals surface area contributed by atoms with Crippen molar-refractivity contribution in [3.8, 4) is 0 Å². The van der Waals surface area contributed by atoms with Gasteiger partial charge in [0.25, 0.3) is 0 Å². The number of rotatable bonds is 3. The number of nitrogens with one attached hydrogen (secondary N) is 1. The van der Waals surface area contributed by atoms with Gasteiger partial charge in [0.1, 0.15) is 5.76 Å². The van der Waals surface area contributed by atoms with Crippen LogP contribution in [0.4, 0.5) is 10.5 Å². The van der Waals surface area contributed by atoms with Crippen molar-refractivity contribution in [2.75, 3.05) is 31.1 Å². The molecule has 1 atom stereocenters. The van der Waals surface area contributed by atoms with E-state index in [1.807, 2.05) is 36.1 Å². The highest BCUT2D eigenvalue weighted by molar-refractivity contribution is 5.75. The third-order valence-electron chi connectivity index (χ3n) is 3.90. The number of urea groups is 1. The number of anilines is 1. The molecule has 22 heavy (non-hydrogen) atoms. The first-order valence-corrected chi connectivity index (χ1v) is 7.48. The molecular weight excluding hydrogens is 280 g/mol. The number of nitrogens with zero attached hydrogens (tertiary/aromatic N) is 3. The Balaban J connectivity index is 1.52. The van der Waals surface area contributed by atoms with E-state index in [0.717, 1.165) is 24.5 Å². The smallest absolute Gasteiger partial charge is 0.318 e. The first-order chi connectivity index (χ1) is 10.7. The Hall–Kier alpha value is -2.50. The lowest BCUT2D eigenvalue weighted by Crippen LogP contribution is -2.52. The average molecular weight is 300 g/mol. The van der Waals surface area contributed by atoms with Crippen LogP contribution in [0.15, 0.2) is 47.3 Å². The lowest BCUT2D eigenvalue weighted by molar-refractivity contribution is 0.189.